The van der Waals surface area contributed by atoms with Crippen molar-refractivity contribution in [3.05, 3.63) is 69.2 Å². The summed E-state index contributed by atoms with van der Waals surface area (Å²) in [6.07, 6.45) is 1.44. The van der Waals surface area contributed by atoms with E-state index in [1.54, 1.807) is 6.07 Å². The van der Waals surface area contributed by atoms with Gasteiger partial charge in [-0.2, -0.15) is 0 Å². The van der Waals surface area contributed by atoms with Gasteiger partial charge in [0.15, 0.2) is 0 Å². The van der Waals surface area contributed by atoms with Crippen molar-refractivity contribution >= 4 is 30.9 Å². The lowest BCUT2D eigenvalue weighted by atomic mass is 9.77. The maximum absolute atomic E-state index is 11.7. The average Bonchev–Trinajstić information content (AvgIpc) is 2.55. The number of fused-ring (bicyclic) bond motifs is 1. The lowest BCUT2D eigenvalue weighted by Crippen LogP contribution is -2.27. The monoisotopic (exact) mass is 385 g/mol. The van der Waals surface area contributed by atoms with Crippen LogP contribution in [0.1, 0.15) is 41.5 Å². The van der Waals surface area contributed by atoms with E-state index >= 15 is 0 Å². The highest BCUT2D eigenvalue weighted by Gasteiger charge is 2.36. The molecule has 0 spiro atoms. The molecule has 0 bridgehead atoms. The van der Waals surface area contributed by atoms with Crippen LogP contribution < -0.4 is 0 Å². The van der Waals surface area contributed by atoms with Gasteiger partial charge in [-0.05, 0) is 48.7 Å². The van der Waals surface area contributed by atoms with Crippen LogP contribution in [0.5, 0.6) is 0 Å². The molecule has 0 heterocycles. The lowest BCUT2D eigenvalue weighted by Gasteiger charge is -2.37. The fourth-order valence-electron chi connectivity index (χ4n) is 3.41. The summed E-state index contributed by atoms with van der Waals surface area (Å²) in [5.74, 6) is 0.136. The SMILES string of the molecule is CN(C1CCC(c2ccc(Cl)c(Cl)c2)c2ccccc21)P(=O)(O)O. The molecule has 3 rings (SSSR count). The van der Waals surface area contributed by atoms with Gasteiger partial charge in [-0.15, -0.1) is 0 Å². The van der Waals surface area contributed by atoms with Gasteiger partial charge in [-0.3, -0.25) is 0 Å². The molecule has 7 heteroatoms. The van der Waals surface area contributed by atoms with Crippen molar-refractivity contribution in [1.82, 2.24) is 4.67 Å². The van der Waals surface area contributed by atoms with Crippen LogP contribution in [-0.2, 0) is 4.57 Å². The number of hydrogen-bond acceptors (Lipinski definition) is 1. The molecule has 0 saturated carbocycles. The Bertz CT molecular complexity index is 808. The molecule has 2 N–H and O–H groups in total. The van der Waals surface area contributed by atoms with Crippen LogP contribution in [0.2, 0.25) is 10.0 Å². The first-order chi connectivity index (χ1) is 11.3. The molecule has 0 radical (unpaired) electrons. The lowest BCUT2D eigenvalue weighted by molar-refractivity contribution is 0.237. The van der Waals surface area contributed by atoms with Gasteiger partial charge in [-0.1, -0.05) is 53.5 Å². The van der Waals surface area contributed by atoms with Gasteiger partial charge in [0, 0.05) is 12.0 Å². The minimum atomic E-state index is -4.29. The Balaban J connectivity index is 2.03. The van der Waals surface area contributed by atoms with Crippen LogP contribution in [0, 0.1) is 0 Å². The van der Waals surface area contributed by atoms with Crippen LogP contribution in [0.15, 0.2) is 42.5 Å². The fraction of sp³-hybridized carbons (Fsp3) is 0.294. The summed E-state index contributed by atoms with van der Waals surface area (Å²) >= 11 is 12.2. The zero-order valence-corrected chi connectivity index (χ0v) is 15.5. The Kier molecular flexibility index (Phi) is 5.08. The van der Waals surface area contributed by atoms with Crippen LogP contribution in [0.25, 0.3) is 0 Å². The van der Waals surface area contributed by atoms with E-state index in [-0.39, 0.29) is 12.0 Å². The highest BCUT2D eigenvalue weighted by molar-refractivity contribution is 7.49. The molecule has 0 saturated heterocycles. The van der Waals surface area contributed by atoms with Gasteiger partial charge in [0.05, 0.1) is 10.0 Å². The summed E-state index contributed by atoms with van der Waals surface area (Å²) < 4.78 is 12.8. The van der Waals surface area contributed by atoms with Crippen molar-refractivity contribution in [2.75, 3.05) is 7.05 Å². The number of hydrogen-bond donors (Lipinski definition) is 2. The summed E-state index contributed by atoms with van der Waals surface area (Å²) in [5, 5.41) is 1.03. The fourth-order valence-corrected chi connectivity index (χ4v) is 4.32. The van der Waals surface area contributed by atoms with E-state index in [2.05, 4.69) is 0 Å². The van der Waals surface area contributed by atoms with Crippen molar-refractivity contribution in [2.24, 2.45) is 0 Å². The molecule has 1 aliphatic rings. The van der Waals surface area contributed by atoms with Crippen LogP contribution >= 0.6 is 30.9 Å². The summed E-state index contributed by atoms with van der Waals surface area (Å²) in [6.45, 7) is 0. The minimum absolute atomic E-state index is 0.136. The standard InChI is InChI=1S/C17H18Cl2NO3P/c1-20(24(21,22)23)17-9-7-12(13-4-2-3-5-14(13)17)11-6-8-15(18)16(19)10-11/h2-6,8,10,12,17H,7,9H2,1H3,(H2,21,22,23). The molecule has 128 valence electrons. The summed E-state index contributed by atoms with van der Waals surface area (Å²) in [5.41, 5.74) is 3.09. The molecule has 4 nitrogen and oxygen atoms in total. The van der Waals surface area contributed by atoms with E-state index in [0.717, 1.165) is 27.8 Å². The first-order valence-electron chi connectivity index (χ1n) is 7.61. The van der Waals surface area contributed by atoms with Crippen LogP contribution in [0.4, 0.5) is 0 Å². The highest BCUT2D eigenvalue weighted by Crippen LogP contribution is 2.51. The maximum Gasteiger partial charge on any atom is 0.403 e. The molecule has 0 aromatic heterocycles. The number of rotatable bonds is 3. The number of nitrogens with zero attached hydrogens (tertiary/aromatic N) is 1. The van der Waals surface area contributed by atoms with Crippen molar-refractivity contribution in [1.29, 1.82) is 0 Å². The largest absolute Gasteiger partial charge is 0.403 e. The Morgan fingerprint density at radius 3 is 2.33 bits per heavy atom. The molecular weight excluding hydrogens is 368 g/mol. The number of benzene rings is 2. The second-order valence-corrected chi connectivity index (χ2v) is 8.51. The van der Waals surface area contributed by atoms with E-state index < -0.39 is 7.75 Å². The summed E-state index contributed by atoms with van der Waals surface area (Å²) in [4.78, 5) is 19.0. The maximum atomic E-state index is 11.7. The first-order valence-corrected chi connectivity index (χ1v) is 9.93. The Hall–Kier alpha value is -0.870. The molecule has 2 aromatic carbocycles. The van der Waals surface area contributed by atoms with E-state index in [1.165, 1.54) is 7.05 Å². The van der Waals surface area contributed by atoms with Crippen molar-refractivity contribution in [3.8, 4) is 0 Å². The van der Waals surface area contributed by atoms with Gasteiger partial charge in [0.1, 0.15) is 0 Å². The van der Waals surface area contributed by atoms with Gasteiger partial charge >= 0.3 is 7.75 Å². The second kappa shape index (κ2) is 6.80. The predicted octanol–water partition coefficient (Wildman–Crippen LogP) is 4.98. The molecule has 0 aliphatic heterocycles. The topological polar surface area (TPSA) is 60.8 Å². The molecule has 2 aromatic rings. The Labute approximate surface area is 151 Å². The molecule has 0 fully saturated rings. The molecule has 2 atom stereocenters. The van der Waals surface area contributed by atoms with Crippen LogP contribution in [-0.4, -0.2) is 21.5 Å². The van der Waals surface area contributed by atoms with Gasteiger partial charge in [-0.25, -0.2) is 9.24 Å². The molecule has 24 heavy (non-hydrogen) atoms. The summed E-state index contributed by atoms with van der Waals surface area (Å²) in [7, 11) is -2.82. The highest BCUT2D eigenvalue weighted by atomic mass is 35.5. The molecular formula is C17H18Cl2NO3P. The quantitative estimate of drug-likeness (QED) is 0.731. The van der Waals surface area contributed by atoms with E-state index in [4.69, 9.17) is 23.2 Å². The molecule has 0 amide bonds. The van der Waals surface area contributed by atoms with E-state index in [0.29, 0.717) is 16.5 Å². The minimum Gasteiger partial charge on any atom is -0.312 e. The number of halogens is 2. The zero-order valence-electron chi connectivity index (χ0n) is 13.1. The summed E-state index contributed by atoms with van der Waals surface area (Å²) in [6, 6.07) is 13.1. The molecule has 2 unspecified atom stereocenters. The van der Waals surface area contributed by atoms with E-state index in [1.807, 2.05) is 36.4 Å². The van der Waals surface area contributed by atoms with Gasteiger partial charge in [0.25, 0.3) is 0 Å². The average molecular weight is 386 g/mol. The third-order valence-electron chi connectivity index (χ3n) is 4.67. The first kappa shape index (κ1) is 17.9. The Morgan fingerprint density at radius 1 is 1.04 bits per heavy atom. The smallest absolute Gasteiger partial charge is 0.312 e. The molecule has 1 aliphatic carbocycles. The van der Waals surface area contributed by atoms with Crippen molar-refractivity contribution in [3.63, 3.8) is 0 Å². The van der Waals surface area contributed by atoms with Crippen molar-refractivity contribution < 1.29 is 14.4 Å². The van der Waals surface area contributed by atoms with Crippen LogP contribution in [0.3, 0.4) is 0 Å². The zero-order chi connectivity index (χ0) is 17.5. The Morgan fingerprint density at radius 2 is 1.71 bits per heavy atom. The second-order valence-electron chi connectivity index (χ2n) is 6.04. The third kappa shape index (κ3) is 3.41. The van der Waals surface area contributed by atoms with Gasteiger partial charge in [0.2, 0.25) is 0 Å². The van der Waals surface area contributed by atoms with E-state index in [9.17, 15) is 14.4 Å². The predicted molar refractivity (Wildman–Crippen MR) is 96.5 cm³/mol. The normalized spacial score (nSPS) is 20.9. The third-order valence-corrected chi connectivity index (χ3v) is 6.51. The van der Waals surface area contributed by atoms with Crippen molar-refractivity contribution in [2.45, 2.75) is 24.8 Å². The van der Waals surface area contributed by atoms with Gasteiger partial charge < -0.3 is 9.79 Å².